The number of aliphatic carboxylic acids is 1. The second-order valence-electron chi connectivity index (χ2n) is 2.71. The molecular weight excluding hydrogens is 174 g/mol. The maximum Gasteiger partial charge on any atom is 0.324 e. The number of carbonyl (C=O) groups is 1. The van der Waals surface area contributed by atoms with Crippen molar-refractivity contribution in [3.05, 3.63) is 18.2 Å². The average molecular weight is 183 g/mol. The highest BCUT2D eigenvalue weighted by molar-refractivity contribution is 5.75. The van der Waals surface area contributed by atoms with E-state index in [0.29, 0.717) is 0 Å². The van der Waals surface area contributed by atoms with Crippen LogP contribution in [0.5, 0.6) is 0 Å². The Hall–Kier alpha value is -1.44. The molecule has 1 aliphatic heterocycles. The third-order valence-electron chi connectivity index (χ3n) is 1.91. The second-order valence-corrected chi connectivity index (χ2v) is 2.71. The molecule has 1 saturated heterocycles. The summed E-state index contributed by atoms with van der Waals surface area (Å²) in [4.78, 5) is 17.4. The standard InChI is InChI=1S/C6H9N5O2/c12-6(13)5-4(9-11-10-5)3-1-7-2-8-3/h1-2,4-5,9-11H,(H,7,8)(H,12,13). The highest BCUT2D eigenvalue weighted by Crippen LogP contribution is 2.15. The average Bonchev–Trinajstić information content (AvgIpc) is 2.74. The summed E-state index contributed by atoms with van der Waals surface area (Å²) >= 11 is 0. The number of hydrogen-bond acceptors (Lipinski definition) is 5. The summed E-state index contributed by atoms with van der Waals surface area (Å²) in [7, 11) is 0. The van der Waals surface area contributed by atoms with E-state index < -0.39 is 12.0 Å². The fourth-order valence-electron chi connectivity index (χ4n) is 1.26. The van der Waals surface area contributed by atoms with Crippen LogP contribution in [0, 0.1) is 0 Å². The number of H-pyrrole nitrogens is 1. The predicted octanol–water partition coefficient (Wildman–Crippen LogP) is -1.48. The van der Waals surface area contributed by atoms with Crippen molar-refractivity contribution >= 4 is 5.97 Å². The number of imidazole rings is 1. The molecule has 2 unspecified atom stereocenters. The monoisotopic (exact) mass is 183 g/mol. The van der Waals surface area contributed by atoms with Gasteiger partial charge in [-0.1, -0.05) is 0 Å². The first-order valence-corrected chi connectivity index (χ1v) is 3.76. The zero-order valence-corrected chi connectivity index (χ0v) is 6.61. The zero-order chi connectivity index (χ0) is 9.26. The van der Waals surface area contributed by atoms with Crippen LogP contribution in [0.1, 0.15) is 11.7 Å². The van der Waals surface area contributed by atoms with E-state index in [1.807, 2.05) is 0 Å². The molecule has 7 heteroatoms. The molecule has 1 fully saturated rings. The molecule has 7 nitrogen and oxygen atoms in total. The third kappa shape index (κ3) is 1.39. The maximum absolute atomic E-state index is 10.7. The van der Waals surface area contributed by atoms with Crippen LogP contribution in [0.4, 0.5) is 0 Å². The summed E-state index contributed by atoms with van der Waals surface area (Å²) in [5.41, 5.74) is 8.65. The van der Waals surface area contributed by atoms with Crippen molar-refractivity contribution in [2.24, 2.45) is 0 Å². The topological polar surface area (TPSA) is 102 Å². The number of nitrogens with one attached hydrogen (secondary N) is 4. The smallest absolute Gasteiger partial charge is 0.324 e. The number of nitrogens with zero attached hydrogens (tertiary/aromatic N) is 1. The van der Waals surface area contributed by atoms with Crippen LogP contribution in [0.3, 0.4) is 0 Å². The molecular formula is C6H9N5O2. The Morgan fingerprint density at radius 2 is 2.38 bits per heavy atom. The van der Waals surface area contributed by atoms with Gasteiger partial charge in [0.05, 0.1) is 18.1 Å². The lowest BCUT2D eigenvalue weighted by atomic mass is 10.1. The molecule has 0 spiro atoms. The van der Waals surface area contributed by atoms with Gasteiger partial charge in [-0.15, -0.1) is 0 Å². The molecule has 0 bridgehead atoms. The van der Waals surface area contributed by atoms with Crippen LogP contribution in [-0.2, 0) is 4.79 Å². The summed E-state index contributed by atoms with van der Waals surface area (Å²) in [5, 5.41) is 8.81. The van der Waals surface area contributed by atoms with Crippen molar-refractivity contribution in [1.29, 1.82) is 0 Å². The number of aromatic amines is 1. The minimum absolute atomic E-state index is 0.333. The highest BCUT2D eigenvalue weighted by atomic mass is 16.4. The van der Waals surface area contributed by atoms with Crippen LogP contribution in [0.25, 0.3) is 0 Å². The van der Waals surface area contributed by atoms with Crippen LogP contribution in [0.2, 0.25) is 0 Å². The molecule has 2 rings (SSSR count). The van der Waals surface area contributed by atoms with Crippen molar-refractivity contribution in [3.8, 4) is 0 Å². The van der Waals surface area contributed by atoms with Gasteiger partial charge in [0.25, 0.3) is 0 Å². The number of carboxylic acid groups (broad SMARTS) is 1. The molecule has 1 aromatic rings. The molecule has 5 N–H and O–H groups in total. The Morgan fingerprint density at radius 1 is 1.54 bits per heavy atom. The fraction of sp³-hybridized carbons (Fsp3) is 0.333. The summed E-state index contributed by atoms with van der Waals surface area (Å²) in [6.07, 6.45) is 3.09. The highest BCUT2D eigenvalue weighted by Gasteiger charge is 2.34. The summed E-state index contributed by atoms with van der Waals surface area (Å²) in [6, 6.07) is -1.03. The molecule has 1 aliphatic rings. The summed E-state index contributed by atoms with van der Waals surface area (Å²) in [5.74, 6) is -0.919. The molecule has 1 aromatic heterocycles. The van der Waals surface area contributed by atoms with Gasteiger partial charge in [-0.05, 0) is 0 Å². The number of hydrazine groups is 2. The third-order valence-corrected chi connectivity index (χ3v) is 1.91. The van der Waals surface area contributed by atoms with Crippen LogP contribution < -0.4 is 16.4 Å². The molecule has 0 saturated carbocycles. The largest absolute Gasteiger partial charge is 0.480 e. The van der Waals surface area contributed by atoms with Gasteiger partial charge >= 0.3 is 5.97 Å². The van der Waals surface area contributed by atoms with E-state index in [-0.39, 0.29) is 6.04 Å². The Balaban J connectivity index is 2.19. The summed E-state index contributed by atoms with van der Waals surface area (Å²) < 4.78 is 0. The quantitative estimate of drug-likeness (QED) is 0.383. The van der Waals surface area contributed by atoms with Crippen LogP contribution in [-0.4, -0.2) is 27.1 Å². The first-order chi connectivity index (χ1) is 6.29. The minimum atomic E-state index is -0.919. The zero-order valence-electron chi connectivity index (χ0n) is 6.61. The van der Waals surface area contributed by atoms with Gasteiger partial charge in [-0.2, -0.15) is 5.53 Å². The van der Waals surface area contributed by atoms with Gasteiger partial charge in [0, 0.05) is 6.20 Å². The van der Waals surface area contributed by atoms with Crippen molar-refractivity contribution in [1.82, 2.24) is 26.4 Å². The Bertz CT molecular complexity index is 298. The number of hydrogen-bond donors (Lipinski definition) is 5. The van der Waals surface area contributed by atoms with E-state index in [1.165, 1.54) is 6.33 Å². The number of carboxylic acids is 1. The van der Waals surface area contributed by atoms with Crippen LogP contribution in [0.15, 0.2) is 12.5 Å². The van der Waals surface area contributed by atoms with Gasteiger partial charge < -0.3 is 10.1 Å². The molecule has 2 atom stereocenters. The van der Waals surface area contributed by atoms with Crippen molar-refractivity contribution in [3.63, 3.8) is 0 Å². The lowest BCUT2D eigenvalue weighted by Crippen LogP contribution is -2.38. The lowest BCUT2D eigenvalue weighted by molar-refractivity contribution is -0.139. The van der Waals surface area contributed by atoms with Gasteiger partial charge in [0.15, 0.2) is 0 Å². The fourth-order valence-corrected chi connectivity index (χ4v) is 1.26. The molecule has 2 heterocycles. The number of rotatable bonds is 2. The normalized spacial score (nSPS) is 27.7. The van der Waals surface area contributed by atoms with E-state index in [9.17, 15) is 4.79 Å². The maximum atomic E-state index is 10.7. The molecule has 0 amide bonds. The number of aromatic nitrogens is 2. The van der Waals surface area contributed by atoms with E-state index >= 15 is 0 Å². The van der Waals surface area contributed by atoms with Gasteiger partial charge in [-0.25, -0.2) is 15.8 Å². The van der Waals surface area contributed by atoms with Gasteiger partial charge in [0.1, 0.15) is 6.04 Å². The van der Waals surface area contributed by atoms with E-state index in [0.717, 1.165) is 5.69 Å². The Morgan fingerprint density at radius 3 is 3.00 bits per heavy atom. The van der Waals surface area contributed by atoms with Crippen LogP contribution >= 0.6 is 0 Å². The molecule has 0 radical (unpaired) electrons. The molecule has 70 valence electrons. The molecule has 13 heavy (non-hydrogen) atoms. The van der Waals surface area contributed by atoms with E-state index in [2.05, 4.69) is 26.4 Å². The Labute approximate surface area is 73.5 Å². The molecule has 0 aromatic carbocycles. The second kappa shape index (κ2) is 3.13. The van der Waals surface area contributed by atoms with E-state index in [4.69, 9.17) is 5.11 Å². The van der Waals surface area contributed by atoms with Gasteiger partial charge in [-0.3, -0.25) is 4.79 Å². The van der Waals surface area contributed by atoms with E-state index in [1.54, 1.807) is 6.20 Å². The minimum Gasteiger partial charge on any atom is -0.480 e. The lowest BCUT2D eigenvalue weighted by Gasteiger charge is -2.10. The van der Waals surface area contributed by atoms with Crippen molar-refractivity contribution < 1.29 is 9.90 Å². The SMILES string of the molecule is O=C(O)C1NNNC1c1cnc[nH]1. The Kier molecular flexibility index (Phi) is 1.97. The predicted molar refractivity (Wildman–Crippen MR) is 42.2 cm³/mol. The van der Waals surface area contributed by atoms with Crippen molar-refractivity contribution in [2.75, 3.05) is 0 Å². The van der Waals surface area contributed by atoms with Gasteiger partial charge in [0.2, 0.25) is 0 Å². The summed E-state index contributed by atoms with van der Waals surface area (Å²) in [6.45, 7) is 0. The van der Waals surface area contributed by atoms with Crippen molar-refractivity contribution in [2.45, 2.75) is 12.1 Å². The first-order valence-electron chi connectivity index (χ1n) is 3.76. The molecule has 0 aliphatic carbocycles. The first kappa shape index (κ1) is 8.17.